The number of benzene rings is 2. The quantitative estimate of drug-likeness (QED) is 0.332. The minimum absolute atomic E-state index is 0.230. The maximum Gasteiger partial charge on any atom is 0.229 e. The summed E-state index contributed by atoms with van der Waals surface area (Å²) >= 11 is 5.86. The summed E-state index contributed by atoms with van der Waals surface area (Å²) in [4.78, 5) is 6.66. The van der Waals surface area contributed by atoms with Gasteiger partial charge in [-0.05, 0) is 73.2 Å². The van der Waals surface area contributed by atoms with E-state index in [1.807, 2.05) is 47.5 Å². The maximum atomic E-state index is 11.8. The average molecular weight is 534 g/mol. The van der Waals surface area contributed by atoms with Crippen molar-refractivity contribution in [2.24, 2.45) is 0 Å². The summed E-state index contributed by atoms with van der Waals surface area (Å²) in [6.07, 6.45) is 4.92. The lowest BCUT2D eigenvalue weighted by atomic mass is 10.0. The summed E-state index contributed by atoms with van der Waals surface area (Å²) < 4.78 is 33.9. The van der Waals surface area contributed by atoms with Gasteiger partial charge in [-0.1, -0.05) is 18.2 Å². The van der Waals surface area contributed by atoms with Gasteiger partial charge < -0.3 is 19.5 Å². The first-order valence-electron chi connectivity index (χ1n) is 11.7. The number of rotatable bonds is 7. The Kier molecular flexibility index (Phi) is 6.61. The Morgan fingerprint density at radius 1 is 1.03 bits per heavy atom. The van der Waals surface area contributed by atoms with E-state index in [9.17, 15) is 8.42 Å². The molecule has 0 saturated carbocycles. The van der Waals surface area contributed by atoms with Crippen molar-refractivity contribution in [1.29, 1.82) is 0 Å². The number of aryl methyl sites for hydroxylation is 1. The minimum atomic E-state index is -3.48. The molecule has 2 aromatic carbocycles. The van der Waals surface area contributed by atoms with Crippen LogP contribution in [0.4, 0.5) is 11.4 Å². The number of methoxy groups -OCH3 is 1. The molecule has 0 spiro atoms. The molecule has 3 heterocycles. The minimum Gasteiger partial charge on any atom is -0.494 e. The van der Waals surface area contributed by atoms with Crippen LogP contribution in [0.1, 0.15) is 29.0 Å². The normalized spacial score (nSPS) is 17.5. The monoisotopic (exact) mass is 533 g/mol. The standard InChI is InChI=1S/C27H27N5O3S2/c1-18-8-6-9-19(16-18)31-15-7-11-23(31)26-25(22-10-4-5-14-28-22)29-27(36)32(26)20-12-13-21(24(17-20)35-2)30-37(3,33)34/h4-17,25-26,30H,1-3H3,(H,29,36). The third-order valence-electron chi connectivity index (χ3n) is 6.22. The molecule has 2 atom stereocenters. The van der Waals surface area contributed by atoms with Gasteiger partial charge in [0.1, 0.15) is 11.8 Å². The van der Waals surface area contributed by atoms with E-state index >= 15 is 0 Å². The van der Waals surface area contributed by atoms with Crippen molar-refractivity contribution in [2.75, 3.05) is 23.0 Å². The molecule has 8 nitrogen and oxygen atoms in total. The van der Waals surface area contributed by atoms with E-state index in [1.54, 1.807) is 18.3 Å². The molecule has 2 aromatic heterocycles. The molecule has 0 bridgehead atoms. The lowest BCUT2D eigenvalue weighted by molar-refractivity contribution is 0.417. The van der Waals surface area contributed by atoms with Crippen molar-refractivity contribution in [3.63, 3.8) is 0 Å². The molecule has 0 aliphatic carbocycles. The predicted molar refractivity (Wildman–Crippen MR) is 150 cm³/mol. The van der Waals surface area contributed by atoms with Crippen molar-refractivity contribution in [3.8, 4) is 11.4 Å². The van der Waals surface area contributed by atoms with Crippen LogP contribution in [-0.4, -0.2) is 36.4 Å². The molecular weight excluding hydrogens is 506 g/mol. The SMILES string of the molecule is COc1cc(N2C(=S)NC(c3ccccn3)C2c2cccn2-c2cccc(C)c2)ccc1NS(C)(=O)=O. The van der Waals surface area contributed by atoms with Gasteiger partial charge in [-0.3, -0.25) is 9.71 Å². The van der Waals surface area contributed by atoms with Crippen molar-refractivity contribution in [2.45, 2.75) is 19.0 Å². The summed E-state index contributed by atoms with van der Waals surface area (Å²) in [7, 11) is -1.97. The van der Waals surface area contributed by atoms with Crippen LogP contribution in [0.25, 0.3) is 5.69 Å². The fraction of sp³-hybridized carbons (Fsp3) is 0.185. The first-order valence-corrected chi connectivity index (χ1v) is 14.0. The molecule has 5 rings (SSSR count). The zero-order chi connectivity index (χ0) is 26.2. The van der Waals surface area contributed by atoms with Gasteiger partial charge in [-0.15, -0.1) is 0 Å². The Morgan fingerprint density at radius 2 is 1.86 bits per heavy atom. The van der Waals surface area contributed by atoms with E-state index in [4.69, 9.17) is 17.0 Å². The zero-order valence-electron chi connectivity index (χ0n) is 20.6. The summed E-state index contributed by atoms with van der Waals surface area (Å²) in [5.41, 5.74) is 5.20. The van der Waals surface area contributed by atoms with Gasteiger partial charge in [0.15, 0.2) is 5.11 Å². The third kappa shape index (κ3) is 5.03. The average Bonchev–Trinajstić information content (AvgIpc) is 3.48. The van der Waals surface area contributed by atoms with Crippen LogP contribution in [0, 0.1) is 6.92 Å². The topological polar surface area (TPSA) is 88.5 Å². The van der Waals surface area contributed by atoms with E-state index in [1.165, 1.54) is 7.11 Å². The van der Waals surface area contributed by atoms with Gasteiger partial charge >= 0.3 is 0 Å². The largest absolute Gasteiger partial charge is 0.494 e. The number of anilines is 2. The molecule has 2 unspecified atom stereocenters. The Morgan fingerprint density at radius 3 is 2.57 bits per heavy atom. The van der Waals surface area contributed by atoms with E-state index in [2.05, 4.69) is 50.8 Å². The number of pyridine rings is 1. The third-order valence-corrected chi connectivity index (χ3v) is 7.13. The van der Waals surface area contributed by atoms with Gasteiger partial charge in [0.2, 0.25) is 10.0 Å². The summed E-state index contributed by atoms with van der Waals surface area (Å²) in [5.74, 6) is 0.389. The number of thiocarbonyl (C=S) groups is 1. The van der Waals surface area contributed by atoms with Crippen molar-refractivity contribution >= 4 is 38.7 Å². The number of sulfonamides is 1. The van der Waals surface area contributed by atoms with E-state index in [0.717, 1.165) is 34.6 Å². The highest BCUT2D eigenvalue weighted by Crippen LogP contribution is 2.44. The van der Waals surface area contributed by atoms with Gasteiger partial charge in [0, 0.05) is 35.5 Å². The number of hydrogen-bond donors (Lipinski definition) is 2. The van der Waals surface area contributed by atoms with Crippen molar-refractivity contribution < 1.29 is 13.2 Å². The first-order chi connectivity index (χ1) is 17.7. The van der Waals surface area contributed by atoms with Crippen LogP contribution < -0.4 is 19.7 Å². The van der Waals surface area contributed by atoms with Gasteiger partial charge in [0.25, 0.3) is 0 Å². The van der Waals surface area contributed by atoms with Crippen LogP contribution in [0.5, 0.6) is 5.75 Å². The molecule has 1 aliphatic rings. The highest BCUT2D eigenvalue weighted by atomic mass is 32.2. The number of hydrogen-bond acceptors (Lipinski definition) is 5. The molecule has 0 radical (unpaired) electrons. The van der Waals surface area contributed by atoms with Crippen LogP contribution in [0.2, 0.25) is 0 Å². The highest BCUT2D eigenvalue weighted by molar-refractivity contribution is 7.92. The fourth-order valence-corrected chi connectivity index (χ4v) is 5.61. The van der Waals surface area contributed by atoms with Gasteiger partial charge in [0.05, 0.1) is 30.8 Å². The Balaban J connectivity index is 1.65. The summed E-state index contributed by atoms with van der Waals surface area (Å²) in [5, 5.41) is 4.00. The second-order valence-electron chi connectivity index (χ2n) is 8.90. The fourth-order valence-electron chi connectivity index (χ4n) is 4.70. The molecule has 1 fully saturated rings. The zero-order valence-corrected chi connectivity index (χ0v) is 22.3. The van der Waals surface area contributed by atoms with Gasteiger partial charge in [-0.25, -0.2) is 8.42 Å². The summed E-state index contributed by atoms with van der Waals surface area (Å²) in [6, 6.07) is 23.1. The number of aromatic nitrogens is 2. The molecular formula is C27H27N5O3S2. The Labute approximate surface area is 222 Å². The van der Waals surface area contributed by atoms with Crippen LogP contribution in [-0.2, 0) is 10.0 Å². The maximum absolute atomic E-state index is 11.8. The molecule has 37 heavy (non-hydrogen) atoms. The van der Waals surface area contributed by atoms with Crippen LogP contribution in [0.15, 0.2) is 85.2 Å². The molecule has 4 aromatic rings. The second kappa shape index (κ2) is 9.87. The Bertz CT molecular complexity index is 1550. The summed E-state index contributed by atoms with van der Waals surface area (Å²) in [6.45, 7) is 2.07. The predicted octanol–water partition coefficient (Wildman–Crippen LogP) is 4.74. The number of ether oxygens (including phenoxy) is 1. The lowest BCUT2D eigenvalue weighted by Gasteiger charge is -2.29. The molecule has 0 amide bonds. The molecule has 1 saturated heterocycles. The van der Waals surface area contributed by atoms with Crippen molar-refractivity contribution in [1.82, 2.24) is 14.9 Å². The second-order valence-corrected chi connectivity index (χ2v) is 11.0. The van der Waals surface area contributed by atoms with E-state index in [-0.39, 0.29) is 12.1 Å². The smallest absolute Gasteiger partial charge is 0.229 e. The van der Waals surface area contributed by atoms with E-state index < -0.39 is 10.0 Å². The first kappa shape index (κ1) is 24.8. The molecule has 1 aliphatic heterocycles. The number of nitrogens with zero attached hydrogens (tertiary/aromatic N) is 3. The number of nitrogens with one attached hydrogen (secondary N) is 2. The van der Waals surface area contributed by atoms with Gasteiger partial charge in [-0.2, -0.15) is 0 Å². The van der Waals surface area contributed by atoms with E-state index in [0.29, 0.717) is 16.5 Å². The van der Waals surface area contributed by atoms with Crippen LogP contribution in [0.3, 0.4) is 0 Å². The van der Waals surface area contributed by atoms with Crippen molar-refractivity contribution in [3.05, 3.63) is 102 Å². The molecule has 2 N–H and O–H groups in total. The highest BCUT2D eigenvalue weighted by Gasteiger charge is 2.42. The molecule has 190 valence electrons. The molecule has 10 heteroatoms. The Hall–Kier alpha value is -3.89. The lowest BCUT2D eigenvalue weighted by Crippen LogP contribution is -2.30. The van der Waals surface area contributed by atoms with Crippen LogP contribution >= 0.6 is 12.2 Å².